The molecule has 0 aromatic carbocycles. The highest BCUT2D eigenvalue weighted by atomic mass is 16.6. The van der Waals surface area contributed by atoms with Crippen molar-refractivity contribution in [3.05, 3.63) is 39.6 Å². The van der Waals surface area contributed by atoms with Gasteiger partial charge in [0.2, 0.25) is 0 Å². The number of rotatable bonds is 4. The number of ether oxygens (including phenoxy) is 1. The van der Waals surface area contributed by atoms with Gasteiger partial charge in [0, 0.05) is 19.0 Å². The van der Waals surface area contributed by atoms with Crippen molar-refractivity contribution in [3.8, 4) is 0 Å². The number of aryl methyl sites for hydroxylation is 2. The Balaban J connectivity index is 1.79. The molecule has 0 bridgehead atoms. The molecule has 0 aliphatic carbocycles. The average Bonchev–Trinajstić information content (AvgIpc) is 3.04. The summed E-state index contributed by atoms with van der Waals surface area (Å²) in [6, 6.07) is 1.54. The fourth-order valence-corrected chi connectivity index (χ4v) is 2.59. The van der Waals surface area contributed by atoms with Gasteiger partial charge in [-0.25, -0.2) is 9.97 Å². The third-order valence-electron chi connectivity index (χ3n) is 3.78. The first-order chi connectivity index (χ1) is 11.1. The van der Waals surface area contributed by atoms with Gasteiger partial charge in [0.25, 0.3) is 5.69 Å². The number of anilines is 1. The minimum atomic E-state index is -0.439. The summed E-state index contributed by atoms with van der Waals surface area (Å²) in [7, 11) is 0. The molecule has 0 radical (unpaired) electrons. The Bertz CT molecular complexity index is 716. The van der Waals surface area contributed by atoms with E-state index in [9.17, 15) is 10.1 Å². The Labute approximate surface area is 132 Å². The molecule has 3 heterocycles. The molecule has 3 rings (SSSR count). The van der Waals surface area contributed by atoms with Gasteiger partial charge in [-0.3, -0.25) is 15.2 Å². The molecule has 1 fully saturated rings. The SMILES string of the molecule is CCc1nc(C2CN(c3ncc([N+](=O)[O-])cc3C)CCO2)n[nH]1. The van der Waals surface area contributed by atoms with Gasteiger partial charge >= 0.3 is 0 Å². The fourth-order valence-electron chi connectivity index (χ4n) is 2.59. The van der Waals surface area contributed by atoms with Crippen LogP contribution in [0.25, 0.3) is 0 Å². The lowest BCUT2D eigenvalue weighted by atomic mass is 10.2. The number of aromatic nitrogens is 4. The highest BCUT2D eigenvalue weighted by molar-refractivity contribution is 5.50. The number of morpholine rings is 1. The fraction of sp³-hybridized carbons (Fsp3) is 0.500. The van der Waals surface area contributed by atoms with Crippen molar-refractivity contribution in [1.29, 1.82) is 0 Å². The van der Waals surface area contributed by atoms with Crippen molar-refractivity contribution < 1.29 is 9.66 Å². The summed E-state index contributed by atoms with van der Waals surface area (Å²) < 4.78 is 5.75. The Kier molecular flexibility index (Phi) is 4.20. The Morgan fingerprint density at radius 2 is 2.39 bits per heavy atom. The van der Waals surface area contributed by atoms with Crippen LogP contribution < -0.4 is 4.90 Å². The minimum Gasteiger partial charge on any atom is -0.366 e. The summed E-state index contributed by atoms with van der Waals surface area (Å²) in [5.41, 5.74) is 0.765. The number of pyridine rings is 1. The maximum absolute atomic E-state index is 10.8. The van der Waals surface area contributed by atoms with Gasteiger partial charge < -0.3 is 9.64 Å². The number of nitrogens with one attached hydrogen (secondary N) is 1. The predicted octanol–water partition coefficient (Wildman–Crippen LogP) is 1.56. The second kappa shape index (κ2) is 6.29. The number of hydrogen-bond acceptors (Lipinski definition) is 7. The zero-order chi connectivity index (χ0) is 16.4. The van der Waals surface area contributed by atoms with Crippen LogP contribution in [0, 0.1) is 17.0 Å². The van der Waals surface area contributed by atoms with E-state index < -0.39 is 4.92 Å². The molecule has 2 aromatic heterocycles. The van der Waals surface area contributed by atoms with Crippen LogP contribution in [0.1, 0.15) is 30.2 Å². The van der Waals surface area contributed by atoms with Gasteiger partial charge in [0.05, 0.1) is 18.1 Å². The summed E-state index contributed by atoms with van der Waals surface area (Å²) in [6.45, 7) is 5.59. The van der Waals surface area contributed by atoms with Crippen LogP contribution in [0.4, 0.5) is 11.5 Å². The van der Waals surface area contributed by atoms with Crippen LogP contribution in [0.2, 0.25) is 0 Å². The molecule has 9 nitrogen and oxygen atoms in total. The van der Waals surface area contributed by atoms with Crippen molar-refractivity contribution in [2.75, 3.05) is 24.6 Å². The van der Waals surface area contributed by atoms with E-state index in [2.05, 4.69) is 25.1 Å². The number of aromatic amines is 1. The predicted molar refractivity (Wildman–Crippen MR) is 82.3 cm³/mol. The van der Waals surface area contributed by atoms with Crippen LogP contribution in [0.15, 0.2) is 12.3 Å². The van der Waals surface area contributed by atoms with Crippen LogP contribution in [0.3, 0.4) is 0 Å². The second-order valence-corrected chi connectivity index (χ2v) is 5.39. The Hall–Kier alpha value is -2.55. The lowest BCUT2D eigenvalue weighted by molar-refractivity contribution is -0.385. The van der Waals surface area contributed by atoms with E-state index in [-0.39, 0.29) is 11.8 Å². The average molecular weight is 318 g/mol. The Morgan fingerprint density at radius 3 is 3.04 bits per heavy atom. The van der Waals surface area contributed by atoms with Crippen LogP contribution in [0.5, 0.6) is 0 Å². The smallest absolute Gasteiger partial charge is 0.287 e. The number of hydrogen-bond donors (Lipinski definition) is 1. The molecule has 23 heavy (non-hydrogen) atoms. The molecule has 1 N–H and O–H groups in total. The van der Waals surface area contributed by atoms with Gasteiger partial charge in [-0.2, -0.15) is 5.10 Å². The number of H-pyrrole nitrogens is 1. The highest BCUT2D eigenvalue weighted by Crippen LogP contribution is 2.27. The van der Waals surface area contributed by atoms with E-state index in [1.807, 2.05) is 13.8 Å². The highest BCUT2D eigenvalue weighted by Gasteiger charge is 2.27. The van der Waals surface area contributed by atoms with Gasteiger partial charge in [-0.1, -0.05) is 6.92 Å². The summed E-state index contributed by atoms with van der Waals surface area (Å²) in [4.78, 5) is 21.1. The number of nitro groups is 1. The molecule has 1 saturated heterocycles. The molecule has 0 spiro atoms. The Morgan fingerprint density at radius 1 is 1.57 bits per heavy atom. The van der Waals surface area contributed by atoms with Crippen molar-refractivity contribution >= 4 is 11.5 Å². The molecular weight excluding hydrogens is 300 g/mol. The van der Waals surface area contributed by atoms with Crippen LogP contribution in [-0.2, 0) is 11.2 Å². The van der Waals surface area contributed by atoms with E-state index in [1.54, 1.807) is 0 Å². The standard InChI is InChI=1S/C14H18N6O3/c1-3-12-16-13(18-17-12)11-8-19(4-5-23-11)14-9(2)6-10(7-15-14)20(21)22/h6-7,11H,3-5,8H2,1-2H3,(H,16,17,18). The first-order valence-corrected chi connectivity index (χ1v) is 7.47. The summed E-state index contributed by atoms with van der Waals surface area (Å²) >= 11 is 0. The molecule has 1 aliphatic heterocycles. The molecule has 0 saturated carbocycles. The molecule has 122 valence electrons. The normalized spacial score (nSPS) is 18.2. The monoisotopic (exact) mass is 318 g/mol. The van der Waals surface area contributed by atoms with Crippen molar-refractivity contribution in [2.24, 2.45) is 0 Å². The largest absolute Gasteiger partial charge is 0.366 e. The lowest BCUT2D eigenvalue weighted by Gasteiger charge is -2.33. The molecule has 0 amide bonds. The summed E-state index contributed by atoms with van der Waals surface area (Å²) in [5, 5.41) is 17.9. The first-order valence-electron chi connectivity index (χ1n) is 7.47. The molecule has 2 aromatic rings. The van der Waals surface area contributed by atoms with Gasteiger partial charge in [0.15, 0.2) is 5.82 Å². The third kappa shape index (κ3) is 3.14. The molecule has 1 atom stereocenters. The van der Waals surface area contributed by atoms with Crippen LogP contribution >= 0.6 is 0 Å². The molecular formula is C14H18N6O3. The maximum Gasteiger partial charge on any atom is 0.287 e. The van der Waals surface area contributed by atoms with E-state index in [0.717, 1.165) is 23.6 Å². The number of nitrogens with zero attached hydrogens (tertiary/aromatic N) is 5. The van der Waals surface area contributed by atoms with E-state index >= 15 is 0 Å². The zero-order valence-electron chi connectivity index (χ0n) is 13.0. The molecule has 1 aliphatic rings. The van der Waals surface area contributed by atoms with Gasteiger partial charge in [0.1, 0.15) is 23.9 Å². The van der Waals surface area contributed by atoms with E-state index in [4.69, 9.17) is 4.74 Å². The van der Waals surface area contributed by atoms with Gasteiger partial charge in [-0.15, -0.1) is 0 Å². The zero-order valence-corrected chi connectivity index (χ0v) is 13.0. The van der Waals surface area contributed by atoms with E-state index in [1.165, 1.54) is 12.3 Å². The topological polar surface area (TPSA) is 110 Å². The van der Waals surface area contributed by atoms with Crippen LogP contribution in [-0.4, -0.2) is 44.8 Å². The van der Waals surface area contributed by atoms with E-state index in [0.29, 0.717) is 25.5 Å². The quantitative estimate of drug-likeness (QED) is 0.672. The third-order valence-corrected chi connectivity index (χ3v) is 3.78. The summed E-state index contributed by atoms with van der Waals surface area (Å²) in [6.07, 6.45) is 1.83. The molecule has 9 heteroatoms. The lowest BCUT2D eigenvalue weighted by Crippen LogP contribution is -2.39. The van der Waals surface area contributed by atoms with Gasteiger partial charge in [-0.05, 0) is 12.5 Å². The summed E-state index contributed by atoms with van der Waals surface area (Å²) in [5.74, 6) is 2.19. The first kappa shape index (κ1) is 15.3. The minimum absolute atomic E-state index is 0.00221. The van der Waals surface area contributed by atoms with Crippen molar-refractivity contribution in [2.45, 2.75) is 26.4 Å². The second-order valence-electron chi connectivity index (χ2n) is 5.39. The van der Waals surface area contributed by atoms with Crippen molar-refractivity contribution in [3.63, 3.8) is 0 Å². The maximum atomic E-state index is 10.8. The van der Waals surface area contributed by atoms with Crippen molar-refractivity contribution in [1.82, 2.24) is 20.2 Å². The molecule has 1 unspecified atom stereocenters.